The minimum absolute atomic E-state index is 0.0801. The molecular weight excluding hydrogens is 1130 g/mol. The van der Waals surface area contributed by atoms with E-state index in [-0.39, 0.29) is 46.3 Å². The molecule has 0 spiro atoms. The monoisotopic (exact) mass is 1240 g/mol. The van der Waals surface area contributed by atoms with Crippen molar-refractivity contribution in [2.45, 2.75) is 156 Å². The summed E-state index contributed by atoms with van der Waals surface area (Å²) in [5.74, 6) is -4.43. The van der Waals surface area contributed by atoms with Gasteiger partial charge in [0, 0.05) is 74.7 Å². The molecule has 18 nitrogen and oxygen atoms in total. The molecule has 3 aliphatic carbocycles. The van der Waals surface area contributed by atoms with Gasteiger partial charge in [-0.25, -0.2) is 14.5 Å². The van der Waals surface area contributed by atoms with Crippen molar-refractivity contribution in [3.63, 3.8) is 0 Å². The molecule has 0 aliphatic heterocycles. The van der Waals surface area contributed by atoms with Gasteiger partial charge in [-0.2, -0.15) is 15.0 Å². The molecule has 90 heavy (non-hydrogen) atoms. The third-order valence-corrected chi connectivity index (χ3v) is 12.2. The van der Waals surface area contributed by atoms with Gasteiger partial charge < -0.3 is 43.7 Å². The Morgan fingerprint density at radius 3 is 1.18 bits per heavy atom. The van der Waals surface area contributed by atoms with E-state index >= 15 is 0 Å². The molecule has 0 saturated carbocycles. The van der Waals surface area contributed by atoms with Crippen LogP contribution in [0.5, 0.6) is 17.2 Å². The number of ether oxygens (including phenoxy) is 3. The van der Waals surface area contributed by atoms with Crippen LogP contribution in [0.4, 0.5) is 17.1 Å². The van der Waals surface area contributed by atoms with E-state index in [9.17, 15) is 0 Å². The standard InChI is InChI=1S/3C24H26N4O2/c3*1-5-13-26-20-11-10-17-18(20)7-6-8-19(17)23-27-24(30-28-23)16-9-12-22(29-15(2)3)21(14-16)25-4/h3*6-9,12,14-15,20,26H,5,10-11,13H2,1-3H3/t3*20-/m000/s1/i5D2,6D,7D,8D,9D,10D2,12D,13D2,14D,15D,20D;6D,7D,8D,9D,10D2,12D,13D2,14D,15D,20D;5D2,6D,7D,8D,9D,10D2,12D,14D,15D,20D. The van der Waals surface area contributed by atoms with Gasteiger partial charge in [0.05, 0.1) is 66.7 Å². The van der Waals surface area contributed by atoms with Gasteiger partial charge in [-0.15, -0.1) is 0 Å². The molecule has 3 aromatic heterocycles. The molecule has 6 aromatic carbocycles. The number of nitrogens with one attached hydrogen (secondary N) is 3. The van der Waals surface area contributed by atoms with E-state index < -0.39 is 312 Å². The molecule has 3 aliphatic rings. The lowest BCUT2D eigenvalue weighted by Crippen LogP contribution is -2.19. The van der Waals surface area contributed by atoms with Crippen molar-refractivity contribution in [2.75, 3.05) is 19.5 Å². The fourth-order valence-electron chi connectivity index (χ4n) is 8.44. The lowest BCUT2D eigenvalue weighted by Gasteiger charge is -2.13. The predicted molar refractivity (Wildman–Crippen MR) is 350 cm³/mol. The molecule has 0 radical (unpaired) electrons. The van der Waals surface area contributed by atoms with Gasteiger partial charge in [0.1, 0.15) is 17.2 Å². The number of nitrogens with zero attached hydrogens (tertiary/aromatic N) is 9. The quantitative estimate of drug-likeness (QED) is 0.0575. The van der Waals surface area contributed by atoms with Crippen LogP contribution in [0.2, 0.25) is 0 Å². The normalized spacial score (nSPS) is 26.4. The highest BCUT2D eigenvalue weighted by molar-refractivity contribution is 5.74. The number of benzene rings is 6. The van der Waals surface area contributed by atoms with E-state index in [0.717, 1.165) is 6.92 Å². The van der Waals surface area contributed by atoms with E-state index in [1.54, 1.807) is 0 Å². The van der Waals surface area contributed by atoms with Crippen molar-refractivity contribution in [2.24, 2.45) is 0 Å². The van der Waals surface area contributed by atoms with E-state index in [2.05, 4.69) is 60.9 Å². The molecule has 18 heteroatoms. The molecule has 0 amide bonds. The smallest absolute Gasteiger partial charge is 0.256 e. The van der Waals surface area contributed by atoms with Crippen LogP contribution in [-0.2, 0) is 19.1 Å². The predicted octanol–water partition coefficient (Wildman–Crippen LogP) is 17.2. The van der Waals surface area contributed by atoms with Gasteiger partial charge in [-0.1, -0.05) is 90.6 Å². The summed E-state index contributed by atoms with van der Waals surface area (Å²) in [6.07, 6.45) is -18.6. The summed E-state index contributed by atoms with van der Waals surface area (Å²) in [5.41, 5.74) is -6.33. The van der Waals surface area contributed by atoms with Crippen LogP contribution in [0.25, 0.3) is 83.1 Å². The van der Waals surface area contributed by atoms with Gasteiger partial charge in [-0.3, -0.25) is 0 Å². The van der Waals surface area contributed by atoms with Crippen LogP contribution < -0.4 is 30.2 Å². The summed E-state index contributed by atoms with van der Waals surface area (Å²) in [6.45, 7) is 28.9. The molecule has 3 N–H and O–H groups in total. The van der Waals surface area contributed by atoms with Gasteiger partial charge in [0.15, 0.2) is 0 Å². The van der Waals surface area contributed by atoms with Crippen molar-refractivity contribution in [1.29, 1.82) is 0 Å². The van der Waals surface area contributed by atoms with Crippen LogP contribution in [0.3, 0.4) is 0 Å². The molecule has 12 rings (SSSR count). The van der Waals surface area contributed by atoms with Gasteiger partial charge >= 0.3 is 0 Å². The molecule has 0 fully saturated rings. The number of rotatable bonds is 21. The first-order chi connectivity index (χ1) is 58.2. The van der Waals surface area contributed by atoms with Crippen molar-refractivity contribution >= 4 is 17.1 Å². The summed E-state index contributed by atoms with van der Waals surface area (Å²) in [5, 5.41) is 18.6. The fourth-order valence-corrected chi connectivity index (χ4v) is 8.44. The van der Waals surface area contributed by atoms with E-state index in [1.807, 2.05) is 0 Å². The largest absolute Gasteiger partial charge is 0.502 e. The second kappa shape index (κ2) is 29.7. The number of aromatic nitrogens is 6. The van der Waals surface area contributed by atoms with Crippen LogP contribution in [0.15, 0.2) is 122 Å². The highest BCUT2D eigenvalue weighted by atomic mass is 16.5. The first-order valence-electron chi connectivity index (χ1n) is 46.1. The fraction of sp³-hybridized carbons (Fsp3) is 0.375. The van der Waals surface area contributed by atoms with Crippen molar-refractivity contribution in [3.05, 3.63) is 176 Å². The van der Waals surface area contributed by atoms with Crippen molar-refractivity contribution in [3.8, 4) is 85.8 Å². The van der Waals surface area contributed by atoms with Gasteiger partial charge in [0.2, 0.25) is 34.5 Å². The Morgan fingerprint density at radius 1 is 0.522 bits per heavy atom. The Balaban J connectivity index is 0.000000200. The lowest BCUT2D eigenvalue weighted by atomic mass is 10.0. The zero-order chi connectivity index (χ0) is 97.0. The second-order valence-corrected chi connectivity index (χ2v) is 19.3. The zero-order valence-electron chi connectivity index (χ0n) is 87.5. The maximum absolute atomic E-state index is 8.96. The van der Waals surface area contributed by atoms with E-state index in [0.29, 0.717) is 0 Å². The third-order valence-electron chi connectivity index (χ3n) is 12.2. The molecule has 3 atom stereocenters. The first-order valence-corrected chi connectivity index (χ1v) is 27.1. The Hall–Kier alpha value is -9.51. The summed E-state index contributed by atoms with van der Waals surface area (Å²) in [6, 6.07) is -18.5. The maximum atomic E-state index is 8.96. The summed E-state index contributed by atoms with van der Waals surface area (Å²) < 4.78 is 350. The molecular formula is C72H78N12O6. The average Bonchev–Trinajstić information content (AvgIpc) is 1.55. The lowest BCUT2D eigenvalue weighted by molar-refractivity contribution is 0.244. The van der Waals surface area contributed by atoms with E-state index in [1.165, 1.54) is 55.4 Å². The summed E-state index contributed by atoms with van der Waals surface area (Å²) >= 11 is 0. The molecule has 3 heterocycles. The van der Waals surface area contributed by atoms with Crippen molar-refractivity contribution in [1.82, 2.24) is 46.4 Å². The third kappa shape index (κ3) is 14.6. The Bertz CT molecular complexity index is 6170. The summed E-state index contributed by atoms with van der Waals surface area (Å²) in [7, 11) is 0. The maximum Gasteiger partial charge on any atom is 0.256 e. The van der Waals surface area contributed by atoms with E-state index in [4.69, 9.17) is 99.6 Å². The van der Waals surface area contributed by atoms with Gasteiger partial charge in [0.25, 0.3) is 17.7 Å². The second-order valence-electron chi connectivity index (χ2n) is 19.3. The zero-order valence-corrected chi connectivity index (χ0v) is 49.5. The minimum Gasteiger partial charge on any atom is -0.502 e. The minimum atomic E-state index is -2.89. The molecule has 0 bridgehead atoms. The number of hydrogen-bond acceptors (Lipinski definition) is 15. The molecule has 0 saturated heterocycles. The average molecular weight is 1250 g/mol. The van der Waals surface area contributed by atoms with Crippen LogP contribution >= 0.6 is 0 Å². The molecule has 0 unspecified atom stereocenters. The highest BCUT2D eigenvalue weighted by Gasteiger charge is 2.30. The van der Waals surface area contributed by atoms with Crippen LogP contribution in [0, 0.1) is 19.7 Å². The Morgan fingerprint density at radius 2 is 0.867 bits per heavy atom. The van der Waals surface area contributed by atoms with Crippen molar-refractivity contribution < 1.29 is 79.9 Å². The number of hydrogen-bond donors (Lipinski definition) is 3. The Labute approximate surface area is 581 Å². The number of fused-ring (bicyclic) bond motifs is 3. The topological polar surface area (TPSA) is 194 Å². The Kier molecular flexibility index (Phi) is 10.3. The van der Waals surface area contributed by atoms with Crippen LogP contribution in [0.1, 0.15) is 204 Å². The first kappa shape index (κ1) is 31.3. The highest BCUT2D eigenvalue weighted by Crippen LogP contribution is 2.42. The molecule has 9 aromatic rings. The van der Waals surface area contributed by atoms with Gasteiger partial charge in [-0.05, 0) is 206 Å². The summed E-state index contributed by atoms with van der Waals surface area (Å²) in [4.78, 5) is 22.1. The SMILES string of the molecule is [2H]c1c([2H])c(-c2noc(-c3c([2H])c([2H])c(OC([2H])(C)C)c([N+]#[C-])c3[2H])n2)c2c(c1[2H])[C@@]([2H])(NC([2H])([2H])C([2H])([2H])C)CC2([2H])[2H].[2H]c1c([2H])c(-c2noc(-c3c([2H])c([2H])c(OC([2H])(C)C)c([N+]#[C-])c3[2H])n2)c2c(c1[2H])[C@@]([2H])(NC([2H])([2H])CC)CC2([2H])[2H].[2H]c1c([2H])c(-c2noc(-c3c([2H])c([2H])c(OC([2H])(C)C)c([N+]#[C-])c3[2H])n2)c2c(c1[2H])[C@@]([2H])(NCC([2H])([2H])C)CC2([2H])[2H]. The molecule has 462 valence electrons. The van der Waals surface area contributed by atoms with Crippen LogP contribution in [-0.4, -0.2) is 68.2 Å².